The molecule has 0 saturated heterocycles. The van der Waals surface area contributed by atoms with Crippen molar-refractivity contribution < 1.29 is 13.9 Å². The van der Waals surface area contributed by atoms with E-state index in [0.29, 0.717) is 34.6 Å². The van der Waals surface area contributed by atoms with E-state index in [1.165, 1.54) is 12.1 Å². The molecule has 0 aromatic heterocycles. The number of nitrogens with one attached hydrogen (secondary N) is 1. The van der Waals surface area contributed by atoms with Gasteiger partial charge in [0.25, 0.3) is 0 Å². The van der Waals surface area contributed by atoms with Crippen LogP contribution in [-0.2, 0) is 4.79 Å². The number of rotatable bonds is 7. The van der Waals surface area contributed by atoms with Gasteiger partial charge in [-0.25, -0.2) is 4.39 Å². The van der Waals surface area contributed by atoms with Gasteiger partial charge in [0, 0.05) is 11.6 Å². The number of benzene rings is 2. The molecule has 0 aliphatic carbocycles. The van der Waals surface area contributed by atoms with E-state index in [0.717, 1.165) is 0 Å². The van der Waals surface area contributed by atoms with Crippen LogP contribution >= 0.6 is 23.2 Å². The third kappa shape index (κ3) is 5.88. The first-order valence-corrected chi connectivity index (χ1v) is 8.47. The van der Waals surface area contributed by atoms with Gasteiger partial charge in [-0.2, -0.15) is 0 Å². The van der Waals surface area contributed by atoms with Crippen LogP contribution in [0.2, 0.25) is 10.0 Å². The van der Waals surface area contributed by atoms with E-state index in [1.54, 1.807) is 37.3 Å². The minimum atomic E-state index is -0.396. The highest BCUT2D eigenvalue weighted by Gasteiger charge is 2.19. The van der Waals surface area contributed by atoms with Gasteiger partial charge in [-0.1, -0.05) is 23.2 Å². The summed E-state index contributed by atoms with van der Waals surface area (Å²) >= 11 is 12.0. The summed E-state index contributed by atoms with van der Waals surface area (Å²) in [5.74, 6) is 0.0699. The second-order valence-electron chi connectivity index (χ2n) is 5.57. The molecular formula is C18H19Cl2FN2O2. The van der Waals surface area contributed by atoms with E-state index in [2.05, 4.69) is 5.32 Å². The summed E-state index contributed by atoms with van der Waals surface area (Å²) in [5.41, 5.74) is 0.474. The molecule has 134 valence electrons. The second kappa shape index (κ2) is 9.04. The van der Waals surface area contributed by atoms with Crippen LogP contribution in [-0.4, -0.2) is 37.0 Å². The number of carbonyl (C=O) groups excluding carboxylic acids is 1. The average Bonchev–Trinajstić information content (AvgIpc) is 2.59. The van der Waals surface area contributed by atoms with Crippen molar-refractivity contribution in [3.63, 3.8) is 0 Å². The van der Waals surface area contributed by atoms with E-state index in [1.807, 2.05) is 11.9 Å². The molecule has 7 heteroatoms. The van der Waals surface area contributed by atoms with Crippen molar-refractivity contribution in [3.05, 3.63) is 58.3 Å². The second-order valence-corrected chi connectivity index (χ2v) is 6.42. The maximum absolute atomic E-state index is 12.8. The van der Waals surface area contributed by atoms with E-state index >= 15 is 0 Å². The zero-order chi connectivity index (χ0) is 18.4. The number of halogens is 3. The SMILES string of the molecule is CC(C(=O)Nc1cc(Cl)ccc1Cl)N(C)CCOc1ccc(F)cc1. The van der Waals surface area contributed by atoms with Gasteiger partial charge >= 0.3 is 0 Å². The highest BCUT2D eigenvalue weighted by Crippen LogP contribution is 2.25. The molecule has 4 nitrogen and oxygen atoms in total. The number of likely N-dealkylation sites (N-methyl/N-ethyl adjacent to an activating group) is 1. The number of carbonyl (C=O) groups is 1. The van der Waals surface area contributed by atoms with Gasteiger partial charge in [0.1, 0.15) is 18.2 Å². The lowest BCUT2D eigenvalue weighted by Gasteiger charge is -2.24. The van der Waals surface area contributed by atoms with E-state index in [9.17, 15) is 9.18 Å². The molecule has 0 radical (unpaired) electrons. The smallest absolute Gasteiger partial charge is 0.241 e. The zero-order valence-corrected chi connectivity index (χ0v) is 15.4. The van der Waals surface area contributed by atoms with E-state index in [-0.39, 0.29) is 11.7 Å². The van der Waals surface area contributed by atoms with Crippen molar-refractivity contribution in [1.82, 2.24) is 4.90 Å². The van der Waals surface area contributed by atoms with Crippen LogP contribution in [0.25, 0.3) is 0 Å². The molecule has 0 bridgehead atoms. The summed E-state index contributed by atoms with van der Waals surface area (Å²) in [5, 5.41) is 3.68. The van der Waals surface area contributed by atoms with Crippen LogP contribution in [0.5, 0.6) is 5.75 Å². The lowest BCUT2D eigenvalue weighted by molar-refractivity contribution is -0.120. The molecule has 1 unspecified atom stereocenters. The minimum Gasteiger partial charge on any atom is -0.492 e. The molecule has 1 amide bonds. The van der Waals surface area contributed by atoms with Crippen molar-refractivity contribution in [2.75, 3.05) is 25.5 Å². The number of hydrogen-bond donors (Lipinski definition) is 1. The van der Waals surface area contributed by atoms with Crippen LogP contribution in [0.4, 0.5) is 10.1 Å². The lowest BCUT2D eigenvalue weighted by Crippen LogP contribution is -2.41. The molecule has 25 heavy (non-hydrogen) atoms. The molecule has 1 N–H and O–H groups in total. The van der Waals surface area contributed by atoms with Gasteiger partial charge in [-0.3, -0.25) is 9.69 Å². The highest BCUT2D eigenvalue weighted by molar-refractivity contribution is 6.35. The predicted octanol–water partition coefficient (Wildman–Crippen LogP) is 4.47. The maximum Gasteiger partial charge on any atom is 0.241 e. The van der Waals surface area contributed by atoms with Crippen molar-refractivity contribution in [3.8, 4) is 5.75 Å². The number of ether oxygens (including phenoxy) is 1. The first kappa shape index (κ1) is 19.5. The Morgan fingerprint density at radius 1 is 1.24 bits per heavy atom. The quantitative estimate of drug-likeness (QED) is 0.765. The van der Waals surface area contributed by atoms with Gasteiger partial charge in [-0.05, 0) is 56.4 Å². The van der Waals surface area contributed by atoms with Crippen molar-refractivity contribution in [2.24, 2.45) is 0 Å². The lowest BCUT2D eigenvalue weighted by atomic mass is 10.2. The van der Waals surface area contributed by atoms with Gasteiger partial charge in [0.2, 0.25) is 5.91 Å². The topological polar surface area (TPSA) is 41.6 Å². The number of nitrogens with zero attached hydrogens (tertiary/aromatic N) is 1. The van der Waals surface area contributed by atoms with Crippen LogP contribution in [0.3, 0.4) is 0 Å². The molecule has 2 aromatic carbocycles. The molecule has 0 aliphatic rings. The van der Waals surface area contributed by atoms with Crippen LogP contribution in [0, 0.1) is 5.82 Å². The Kier molecular flexibility index (Phi) is 7.05. The van der Waals surface area contributed by atoms with Crippen molar-refractivity contribution >= 4 is 34.8 Å². The Balaban J connectivity index is 1.84. The molecule has 2 aromatic rings. The van der Waals surface area contributed by atoms with Crippen molar-refractivity contribution in [2.45, 2.75) is 13.0 Å². The number of hydrogen-bond acceptors (Lipinski definition) is 3. The highest BCUT2D eigenvalue weighted by atomic mass is 35.5. The fourth-order valence-corrected chi connectivity index (χ4v) is 2.40. The minimum absolute atomic E-state index is 0.201. The predicted molar refractivity (Wildman–Crippen MR) is 99.1 cm³/mol. The first-order chi connectivity index (χ1) is 11.9. The summed E-state index contributed by atoms with van der Waals surface area (Å²) in [7, 11) is 1.82. The van der Waals surface area contributed by atoms with Gasteiger partial charge in [0.15, 0.2) is 0 Å². The van der Waals surface area contributed by atoms with E-state index < -0.39 is 6.04 Å². The molecule has 0 saturated carbocycles. The fraction of sp³-hybridized carbons (Fsp3) is 0.278. The largest absolute Gasteiger partial charge is 0.492 e. The average molecular weight is 385 g/mol. The van der Waals surface area contributed by atoms with Gasteiger partial charge in [0.05, 0.1) is 16.8 Å². The monoisotopic (exact) mass is 384 g/mol. The molecular weight excluding hydrogens is 366 g/mol. The molecule has 0 spiro atoms. The third-order valence-electron chi connectivity index (χ3n) is 3.75. The normalized spacial score (nSPS) is 12.1. The van der Waals surface area contributed by atoms with Gasteiger partial charge in [-0.15, -0.1) is 0 Å². The number of amides is 1. The summed E-state index contributed by atoms with van der Waals surface area (Å²) < 4.78 is 18.4. The summed E-state index contributed by atoms with van der Waals surface area (Å²) in [6.07, 6.45) is 0. The summed E-state index contributed by atoms with van der Waals surface area (Å²) in [6.45, 7) is 2.68. The Hall–Kier alpha value is -1.82. The molecule has 2 rings (SSSR count). The fourth-order valence-electron chi connectivity index (χ4n) is 2.06. The molecule has 0 fully saturated rings. The van der Waals surface area contributed by atoms with Crippen LogP contribution in [0.1, 0.15) is 6.92 Å². The third-order valence-corrected chi connectivity index (χ3v) is 4.32. The van der Waals surface area contributed by atoms with Gasteiger partial charge < -0.3 is 10.1 Å². The van der Waals surface area contributed by atoms with E-state index in [4.69, 9.17) is 27.9 Å². The zero-order valence-electron chi connectivity index (χ0n) is 13.9. The van der Waals surface area contributed by atoms with Crippen molar-refractivity contribution in [1.29, 1.82) is 0 Å². The summed E-state index contributed by atoms with van der Waals surface area (Å²) in [4.78, 5) is 14.2. The van der Waals surface area contributed by atoms with Crippen LogP contribution in [0.15, 0.2) is 42.5 Å². The Bertz CT molecular complexity index is 726. The van der Waals surface area contributed by atoms with Crippen LogP contribution < -0.4 is 10.1 Å². The standard InChI is InChI=1S/C18H19Cl2FN2O2/c1-12(18(24)22-17-11-13(19)3-8-16(17)20)23(2)9-10-25-15-6-4-14(21)5-7-15/h3-8,11-12H,9-10H2,1-2H3,(H,22,24). The summed E-state index contributed by atoms with van der Waals surface area (Å²) in [6, 6.07) is 10.3. The maximum atomic E-state index is 12.8. The Morgan fingerprint density at radius 2 is 1.92 bits per heavy atom. The molecule has 0 heterocycles. The first-order valence-electron chi connectivity index (χ1n) is 7.71. The molecule has 1 atom stereocenters. The Morgan fingerprint density at radius 3 is 2.60 bits per heavy atom. The molecule has 0 aliphatic heterocycles. The Labute approximate surface area is 156 Å². The number of anilines is 1.